The Bertz CT molecular complexity index is 1290. The second-order valence-corrected chi connectivity index (χ2v) is 10.8. The van der Waals surface area contributed by atoms with Crippen LogP contribution in [0.1, 0.15) is 49.4 Å². The maximum atomic E-state index is 6.40. The van der Waals surface area contributed by atoms with Crippen molar-refractivity contribution in [1.29, 1.82) is 0 Å². The molecule has 2 atom stereocenters. The first-order valence-corrected chi connectivity index (χ1v) is 13.4. The van der Waals surface area contributed by atoms with Crippen molar-refractivity contribution in [3.63, 3.8) is 0 Å². The van der Waals surface area contributed by atoms with Gasteiger partial charge in [-0.3, -0.25) is 0 Å². The fourth-order valence-corrected chi connectivity index (χ4v) is 6.90. The van der Waals surface area contributed by atoms with Crippen LogP contribution in [-0.2, 0) is 6.42 Å². The van der Waals surface area contributed by atoms with Gasteiger partial charge in [0.2, 0.25) is 5.28 Å². The molecule has 0 spiro atoms. The van der Waals surface area contributed by atoms with Gasteiger partial charge in [-0.2, -0.15) is 4.98 Å². The van der Waals surface area contributed by atoms with Crippen LogP contribution in [0.3, 0.4) is 0 Å². The topological polar surface area (TPSA) is 81.7 Å². The first-order valence-electron chi connectivity index (χ1n) is 12.2. The number of thiazole rings is 1. The van der Waals surface area contributed by atoms with Gasteiger partial charge >= 0.3 is 0 Å². The lowest BCUT2D eigenvalue weighted by molar-refractivity contribution is 0.257. The van der Waals surface area contributed by atoms with E-state index in [4.69, 9.17) is 22.3 Å². The number of nitrogens with zero attached hydrogens (tertiary/aromatic N) is 4. The largest absolute Gasteiger partial charge is 0.383 e. The summed E-state index contributed by atoms with van der Waals surface area (Å²) < 4.78 is 2.31. The van der Waals surface area contributed by atoms with E-state index in [0.29, 0.717) is 11.9 Å². The summed E-state index contributed by atoms with van der Waals surface area (Å²) >= 11 is 7.92. The van der Waals surface area contributed by atoms with E-state index >= 15 is 0 Å². The number of aromatic nitrogens is 4. The van der Waals surface area contributed by atoms with Crippen LogP contribution < -0.4 is 11.1 Å². The Morgan fingerprint density at radius 3 is 2.68 bits per heavy atom. The minimum atomic E-state index is 0.202. The van der Waals surface area contributed by atoms with E-state index in [1.807, 2.05) is 6.07 Å². The number of benzene rings is 1. The van der Waals surface area contributed by atoms with Gasteiger partial charge in [-0.25, -0.2) is 9.97 Å². The number of nitrogen functional groups attached to an aromatic ring is 1. The quantitative estimate of drug-likeness (QED) is 0.348. The fraction of sp³-hybridized carbons (Fsp3) is 0.423. The zero-order valence-corrected chi connectivity index (χ0v) is 20.7. The summed E-state index contributed by atoms with van der Waals surface area (Å²) in [6.07, 6.45) is 9.22. The van der Waals surface area contributed by atoms with Crippen molar-refractivity contribution in [2.75, 3.05) is 18.8 Å². The molecule has 2 aliphatic rings. The maximum absolute atomic E-state index is 6.40. The van der Waals surface area contributed by atoms with Crippen LogP contribution in [0, 0.1) is 11.8 Å². The highest BCUT2D eigenvalue weighted by molar-refractivity contribution is 7.13. The van der Waals surface area contributed by atoms with Crippen LogP contribution in [0.15, 0.2) is 41.9 Å². The molecule has 6 nitrogen and oxygen atoms in total. The molecule has 1 aliphatic heterocycles. The van der Waals surface area contributed by atoms with Gasteiger partial charge in [-0.05, 0) is 74.2 Å². The Morgan fingerprint density at radius 1 is 1.03 bits per heavy atom. The third-order valence-corrected chi connectivity index (χ3v) is 8.67. The van der Waals surface area contributed by atoms with E-state index in [1.165, 1.54) is 31.2 Å². The van der Waals surface area contributed by atoms with Crippen LogP contribution >= 0.6 is 22.9 Å². The number of piperidine rings is 1. The SMILES string of the molecule is Nc1nc(Cl)nc2c1c(-c1nc(Cc3ccccc3)cs1)cn2C1CCC(C2CCNCC2)C1. The molecule has 1 saturated heterocycles. The van der Waals surface area contributed by atoms with E-state index in [9.17, 15) is 0 Å². The molecular weight excluding hydrogens is 464 g/mol. The van der Waals surface area contributed by atoms with Crippen molar-refractivity contribution in [2.45, 2.75) is 44.6 Å². The monoisotopic (exact) mass is 492 g/mol. The third kappa shape index (κ3) is 4.21. The highest BCUT2D eigenvalue weighted by atomic mass is 35.5. The number of fused-ring (bicyclic) bond motifs is 1. The molecule has 176 valence electrons. The molecule has 8 heteroatoms. The van der Waals surface area contributed by atoms with Crippen molar-refractivity contribution in [3.8, 4) is 10.6 Å². The Kier molecular flexibility index (Phi) is 6.01. The highest BCUT2D eigenvalue weighted by Crippen LogP contribution is 2.45. The van der Waals surface area contributed by atoms with E-state index < -0.39 is 0 Å². The standard InChI is InChI=1S/C26H29ClN6S/c27-26-31-23(28)22-21(25-30-19(15-34-25)12-16-4-2-1-3-5-16)14-33(24(22)32-26)20-7-6-18(13-20)17-8-10-29-11-9-17/h1-5,14-15,17-18,20,29H,6-13H2,(H2,28,31,32). The van der Waals surface area contributed by atoms with Gasteiger partial charge in [0, 0.05) is 29.6 Å². The predicted molar refractivity (Wildman–Crippen MR) is 139 cm³/mol. The number of anilines is 1. The van der Waals surface area contributed by atoms with E-state index in [2.05, 4.69) is 55.7 Å². The number of halogens is 1. The summed E-state index contributed by atoms with van der Waals surface area (Å²) in [4.78, 5) is 13.9. The highest BCUT2D eigenvalue weighted by Gasteiger charge is 2.34. The Balaban J connectivity index is 1.34. The summed E-state index contributed by atoms with van der Waals surface area (Å²) in [5.41, 5.74) is 10.6. The molecule has 4 heterocycles. The smallest absolute Gasteiger partial charge is 0.226 e. The number of rotatable bonds is 5. The summed E-state index contributed by atoms with van der Waals surface area (Å²) in [5.74, 6) is 2.03. The van der Waals surface area contributed by atoms with Gasteiger partial charge in [0.15, 0.2) is 0 Å². The Labute approximate surface area is 208 Å². The zero-order valence-electron chi connectivity index (χ0n) is 19.1. The van der Waals surface area contributed by atoms with Crippen molar-refractivity contribution in [3.05, 3.63) is 58.4 Å². The van der Waals surface area contributed by atoms with Crippen LogP contribution in [0.2, 0.25) is 5.28 Å². The third-order valence-electron chi connectivity index (χ3n) is 7.57. The average molecular weight is 493 g/mol. The minimum absolute atomic E-state index is 0.202. The van der Waals surface area contributed by atoms with Crippen molar-refractivity contribution in [2.24, 2.45) is 11.8 Å². The second-order valence-electron chi connectivity index (χ2n) is 9.65. The molecule has 1 saturated carbocycles. The molecule has 2 unspecified atom stereocenters. The molecule has 0 bridgehead atoms. The lowest BCUT2D eigenvalue weighted by Crippen LogP contribution is -2.31. The molecule has 0 amide bonds. The number of hydrogen-bond acceptors (Lipinski definition) is 6. The first-order chi connectivity index (χ1) is 16.7. The van der Waals surface area contributed by atoms with E-state index in [0.717, 1.165) is 65.1 Å². The average Bonchev–Trinajstić information content (AvgIpc) is 3.59. The summed E-state index contributed by atoms with van der Waals surface area (Å²) in [6.45, 7) is 2.30. The lowest BCUT2D eigenvalue weighted by atomic mass is 9.84. The van der Waals surface area contributed by atoms with Crippen molar-refractivity contribution < 1.29 is 0 Å². The molecule has 2 fully saturated rings. The van der Waals surface area contributed by atoms with Crippen LogP contribution in [0.4, 0.5) is 5.82 Å². The van der Waals surface area contributed by atoms with Gasteiger partial charge in [0.25, 0.3) is 0 Å². The second kappa shape index (κ2) is 9.29. The summed E-state index contributed by atoms with van der Waals surface area (Å²) in [5, 5.41) is 7.67. The van der Waals surface area contributed by atoms with E-state index in [1.54, 1.807) is 11.3 Å². The zero-order chi connectivity index (χ0) is 23.1. The minimum Gasteiger partial charge on any atom is -0.383 e. The Hall–Kier alpha value is -2.48. The Morgan fingerprint density at radius 2 is 1.85 bits per heavy atom. The van der Waals surface area contributed by atoms with Gasteiger partial charge < -0.3 is 15.6 Å². The van der Waals surface area contributed by atoms with Gasteiger partial charge in [-0.1, -0.05) is 30.3 Å². The number of hydrogen-bond donors (Lipinski definition) is 2. The number of nitrogens with two attached hydrogens (primary N) is 1. The van der Waals surface area contributed by atoms with Crippen LogP contribution in [-0.4, -0.2) is 32.6 Å². The molecule has 3 N–H and O–H groups in total. The maximum Gasteiger partial charge on any atom is 0.226 e. The van der Waals surface area contributed by atoms with Crippen molar-refractivity contribution in [1.82, 2.24) is 24.8 Å². The summed E-state index contributed by atoms with van der Waals surface area (Å²) in [6, 6.07) is 10.9. The number of nitrogens with one attached hydrogen (secondary N) is 1. The molecule has 0 radical (unpaired) electrons. The predicted octanol–water partition coefficient (Wildman–Crippen LogP) is 5.72. The molecule has 3 aromatic heterocycles. The normalized spacial score (nSPS) is 21.4. The van der Waals surface area contributed by atoms with Crippen molar-refractivity contribution >= 4 is 39.8 Å². The van der Waals surface area contributed by atoms with Crippen LogP contribution in [0.5, 0.6) is 0 Å². The van der Waals surface area contributed by atoms with Crippen LogP contribution in [0.25, 0.3) is 21.6 Å². The fourth-order valence-electron chi connectivity index (χ4n) is 5.89. The molecule has 1 aliphatic carbocycles. The van der Waals surface area contributed by atoms with Gasteiger partial charge in [-0.15, -0.1) is 11.3 Å². The van der Waals surface area contributed by atoms with Gasteiger partial charge in [0.05, 0.1) is 11.1 Å². The van der Waals surface area contributed by atoms with Gasteiger partial charge in [0.1, 0.15) is 16.5 Å². The molecule has 34 heavy (non-hydrogen) atoms. The molecule has 1 aromatic carbocycles. The van der Waals surface area contributed by atoms with E-state index in [-0.39, 0.29) is 5.28 Å². The molecule has 6 rings (SSSR count). The first kappa shape index (κ1) is 22.0. The molecular formula is C26H29ClN6S. The molecule has 4 aromatic rings. The summed E-state index contributed by atoms with van der Waals surface area (Å²) in [7, 11) is 0. The lowest BCUT2D eigenvalue weighted by Gasteiger charge is -2.28.